The molecule has 1 aromatic rings. The molecule has 0 amide bonds. The second-order valence-corrected chi connectivity index (χ2v) is 6.38. The molecular weight excluding hydrogens is 290 g/mol. The first-order chi connectivity index (χ1) is 9.71. The minimum Gasteiger partial charge on any atom is -0.490 e. The van der Waals surface area contributed by atoms with Gasteiger partial charge in [-0.1, -0.05) is 30.7 Å². The summed E-state index contributed by atoms with van der Waals surface area (Å²) in [5.74, 6) is 1.06. The smallest absolute Gasteiger partial charge is 0.122 e. The van der Waals surface area contributed by atoms with Gasteiger partial charge in [-0.2, -0.15) is 0 Å². The van der Waals surface area contributed by atoms with Crippen molar-refractivity contribution in [2.75, 3.05) is 0 Å². The van der Waals surface area contributed by atoms with Gasteiger partial charge in [0.25, 0.3) is 0 Å². The molecule has 1 aliphatic carbocycles. The van der Waals surface area contributed by atoms with Crippen LogP contribution < -0.4 is 9.46 Å². The van der Waals surface area contributed by atoms with E-state index in [9.17, 15) is 4.79 Å². The Bertz CT molecular complexity index is 436. The van der Waals surface area contributed by atoms with Crippen LogP contribution >= 0.6 is 22.6 Å². The fourth-order valence-corrected chi connectivity index (χ4v) is 3.05. The molecule has 1 aliphatic rings. The number of carbonyl (C=O) groups is 1. The lowest BCUT2D eigenvalue weighted by molar-refractivity contribution is -0.110. The Morgan fingerprint density at radius 1 is 1.55 bits per heavy atom. The number of ether oxygens (including phenoxy) is 1. The zero-order valence-electron chi connectivity index (χ0n) is 11.6. The predicted molar refractivity (Wildman–Crippen MR) is 87.1 cm³/mol. The molecule has 1 unspecified atom stereocenters. The Labute approximate surface area is 129 Å². The van der Waals surface area contributed by atoms with Crippen molar-refractivity contribution >= 4 is 28.9 Å². The summed E-state index contributed by atoms with van der Waals surface area (Å²) in [5.41, 5.74) is 1.23. The molecule has 20 heavy (non-hydrogen) atoms. The summed E-state index contributed by atoms with van der Waals surface area (Å²) in [4.78, 5) is 10.6. The van der Waals surface area contributed by atoms with Crippen LogP contribution in [0.5, 0.6) is 5.75 Å². The molecule has 110 valence electrons. The van der Waals surface area contributed by atoms with Crippen LogP contribution in [0.15, 0.2) is 24.3 Å². The topological polar surface area (TPSA) is 38.3 Å². The van der Waals surface area contributed by atoms with Crippen LogP contribution in [0.2, 0.25) is 0 Å². The van der Waals surface area contributed by atoms with Crippen molar-refractivity contribution in [3.8, 4) is 5.75 Å². The first kappa shape index (κ1) is 15.7. The van der Waals surface area contributed by atoms with Crippen LogP contribution in [0, 0.1) is 5.92 Å². The Morgan fingerprint density at radius 2 is 2.35 bits per heavy atom. The maximum absolute atomic E-state index is 10.6. The molecule has 0 aromatic heterocycles. The van der Waals surface area contributed by atoms with Gasteiger partial charge in [0.05, 0.1) is 0 Å². The van der Waals surface area contributed by atoms with Gasteiger partial charge >= 0.3 is 0 Å². The highest BCUT2D eigenvalue weighted by Gasteiger charge is 2.30. The van der Waals surface area contributed by atoms with E-state index in [0.29, 0.717) is 12.1 Å². The number of hydrogen-bond acceptors (Lipinski definition) is 5. The average Bonchev–Trinajstić information content (AvgIpc) is 2.43. The molecule has 3 nitrogen and oxygen atoms in total. The van der Waals surface area contributed by atoms with Gasteiger partial charge in [-0.25, -0.2) is 0 Å². The lowest BCUT2D eigenvalue weighted by Gasteiger charge is -2.35. The number of nitrogens with one attached hydrogen (secondary N) is 1. The highest BCUT2D eigenvalue weighted by Crippen LogP contribution is 2.28. The third-order valence-corrected chi connectivity index (χ3v) is 4.39. The van der Waals surface area contributed by atoms with Crippen LogP contribution in [0.1, 0.15) is 31.7 Å². The summed E-state index contributed by atoms with van der Waals surface area (Å²) in [6.45, 7) is 1.95. The summed E-state index contributed by atoms with van der Waals surface area (Å²) in [6.07, 6.45) is 5.18. The summed E-state index contributed by atoms with van der Waals surface area (Å²) in [7, 11) is 1.37. The van der Waals surface area contributed by atoms with E-state index in [2.05, 4.69) is 28.5 Å². The standard InChI is InChI=1S/C15H21NO2S2/c1-11(10-17)5-6-12-3-2-4-14(7-12)18-15-8-13(9-15)16-20-19/h2-4,7,10-11,13,15-16,19H,5-6,8-9H2,1H3. The molecule has 0 spiro atoms. The molecule has 0 bridgehead atoms. The normalized spacial score (nSPS) is 22.9. The Hall–Kier alpha value is -0.650. The van der Waals surface area contributed by atoms with Gasteiger partial charge in [-0.3, -0.25) is 4.72 Å². The highest BCUT2D eigenvalue weighted by molar-refractivity contribution is 8.67. The number of carbonyl (C=O) groups excluding carboxylic acids is 1. The molecule has 1 saturated carbocycles. The van der Waals surface area contributed by atoms with Crippen molar-refractivity contribution in [2.45, 2.75) is 44.8 Å². The second kappa shape index (κ2) is 7.96. The lowest BCUT2D eigenvalue weighted by Crippen LogP contribution is -2.44. The van der Waals surface area contributed by atoms with Gasteiger partial charge in [0.15, 0.2) is 0 Å². The Kier molecular flexibility index (Phi) is 6.26. The maximum atomic E-state index is 10.6. The first-order valence-corrected chi connectivity index (χ1v) is 8.85. The van der Waals surface area contributed by atoms with Gasteiger partial charge in [-0.15, -0.1) is 0 Å². The van der Waals surface area contributed by atoms with Crippen LogP contribution in [-0.2, 0) is 11.2 Å². The summed E-state index contributed by atoms with van der Waals surface area (Å²) in [5, 5.41) is 0. The number of aryl methyl sites for hydroxylation is 1. The average molecular weight is 311 g/mol. The first-order valence-electron chi connectivity index (χ1n) is 6.98. The molecule has 0 heterocycles. The Balaban J connectivity index is 1.79. The molecule has 0 saturated heterocycles. The van der Waals surface area contributed by atoms with Gasteiger partial charge in [0, 0.05) is 24.8 Å². The van der Waals surface area contributed by atoms with Crippen molar-refractivity contribution in [1.29, 1.82) is 0 Å². The molecule has 1 N–H and O–H groups in total. The number of benzene rings is 1. The van der Waals surface area contributed by atoms with Gasteiger partial charge < -0.3 is 9.53 Å². The van der Waals surface area contributed by atoms with Crippen LogP contribution in [0.25, 0.3) is 0 Å². The number of aldehydes is 1. The monoisotopic (exact) mass is 311 g/mol. The molecular formula is C15H21NO2S2. The van der Waals surface area contributed by atoms with E-state index in [4.69, 9.17) is 4.74 Å². The predicted octanol–water partition coefficient (Wildman–Crippen LogP) is 3.45. The zero-order chi connectivity index (χ0) is 14.4. The van der Waals surface area contributed by atoms with E-state index in [0.717, 1.165) is 37.7 Å². The van der Waals surface area contributed by atoms with Crippen LogP contribution in [0.3, 0.4) is 0 Å². The van der Waals surface area contributed by atoms with Gasteiger partial charge in [0.2, 0.25) is 0 Å². The molecule has 0 radical (unpaired) electrons. The molecule has 2 rings (SSSR count). The van der Waals surface area contributed by atoms with E-state index in [-0.39, 0.29) is 5.92 Å². The molecule has 1 atom stereocenters. The van der Waals surface area contributed by atoms with Gasteiger partial charge in [-0.05, 0) is 41.5 Å². The van der Waals surface area contributed by atoms with Crippen LogP contribution in [-0.4, -0.2) is 18.4 Å². The largest absolute Gasteiger partial charge is 0.490 e. The maximum Gasteiger partial charge on any atom is 0.122 e. The van der Waals surface area contributed by atoms with Crippen molar-refractivity contribution in [3.05, 3.63) is 29.8 Å². The SMILES string of the molecule is CC(C=O)CCc1cccc(OC2CC(NSS)C2)c1. The third kappa shape index (κ3) is 4.72. The van der Waals surface area contributed by atoms with Gasteiger partial charge in [0.1, 0.15) is 18.1 Å². The van der Waals surface area contributed by atoms with Crippen molar-refractivity contribution in [2.24, 2.45) is 5.92 Å². The Morgan fingerprint density at radius 3 is 3.05 bits per heavy atom. The van der Waals surface area contributed by atoms with E-state index < -0.39 is 0 Å². The van der Waals surface area contributed by atoms with E-state index in [1.807, 2.05) is 19.1 Å². The number of rotatable bonds is 8. The molecule has 0 aliphatic heterocycles. The lowest BCUT2D eigenvalue weighted by atomic mass is 9.90. The highest BCUT2D eigenvalue weighted by atomic mass is 33.1. The summed E-state index contributed by atoms with van der Waals surface area (Å²) in [6, 6.07) is 8.72. The fraction of sp³-hybridized carbons (Fsp3) is 0.533. The summed E-state index contributed by atoms with van der Waals surface area (Å²) < 4.78 is 9.17. The van der Waals surface area contributed by atoms with E-state index >= 15 is 0 Å². The fourth-order valence-electron chi connectivity index (χ4n) is 2.26. The minimum absolute atomic E-state index is 0.122. The van der Waals surface area contributed by atoms with Crippen molar-refractivity contribution in [1.82, 2.24) is 4.72 Å². The van der Waals surface area contributed by atoms with Crippen molar-refractivity contribution in [3.63, 3.8) is 0 Å². The quantitative estimate of drug-likeness (QED) is 0.334. The molecule has 5 heteroatoms. The van der Waals surface area contributed by atoms with Crippen LogP contribution in [0.4, 0.5) is 0 Å². The van der Waals surface area contributed by atoms with E-state index in [1.54, 1.807) is 0 Å². The number of hydrogen-bond donors (Lipinski definition) is 2. The summed E-state index contributed by atoms with van der Waals surface area (Å²) >= 11 is 4.08. The minimum atomic E-state index is 0.122. The zero-order valence-corrected chi connectivity index (χ0v) is 13.3. The van der Waals surface area contributed by atoms with E-state index in [1.165, 1.54) is 16.5 Å². The molecule has 1 aromatic carbocycles. The molecule has 1 fully saturated rings. The number of thiol groups is 1. The third-order valence-electron chi connectivity index (χ3n) is 3.64. The van der Waals surface area contributed by atoms with Crippen molar-refractivity contribution < 1.29 is 9.53 Å². The second-order valence-electron chi connectivity index (χ2n) is 5.42.